The average molecular weight is 687 g/mol. The number of aldehydes is 1. The smallest absolute Gasteiger partial charge is 0.870 e. The zero-order valence-electron chi connectivity index (χ0n) is 27.9. The Hall–Kier alpha value is -1.93. The number of hydrogen-bond donors (Lipinski definition) is 0. The number of carbonyl (C=O) groups excluding carboxylic acids is 1. The summed E-state index contributed by atoms with van der Waals surface area (Å²) in [6.45, 7) is 13.8. The molecule has 0 fully saturated rings. The van der Waals surface area contributed by atoms with Crippen molar-refractivity contribution in [2.45, 2.75) is 41.5 Å². The van der Waals surface area contributed by atoms with E-state index in [1.807, 2.05) is 65.1 Å². The summed E-state index contributed by atoms with van der Waals surface area (Å²) in [7, 11) is -3.08. The minimum absolute atomic E-state index is 0. The SMILES string of the molecule is CCOc1cc(/C=C/S(C)(=O)=O)ccc1C.CCOc1cc(/C=C/SC)ccc1C.CCOc1cc(C=O)ccc1C.O.[K+].[OH-]. The van der Waals surface area contributed by atoms with Gasteiger partial charge in [0, 0.05) is 17.2 Å². The molecule has 0 radical (unpaired) electrons. The van der Waals surface area contributed by atoms with Crippen LogP contribution in [-0.2, 0) is 9.84 Å². The molecule has 0 saturated carbocycles. The van der Waals surface area contributed by atoms with Crippen molar-refractivity contribution < 1.29 is 89.8 Å². The summed E-state index contributed by atoms with van der Waals surface area (Å²) in [6, 6.07) is 17.3. The normalized spacial score (nSPS) is 10.1. The fraction of sp³-hybridized carbons (Fsp3) is 0.324. The number of carbonyl (C=O) groups is 1. The van der Waals surface area contributed by atoms with E-state index >= 15 is 0 Å². The molecule has 0 amide bonds. The van der Waals surface area contributed by atoms with Crippen LogP contribution in [0.4, 0.5) is 0 Å². The zero-order valence-corrected chi connectivity index (χ0v) is 32.7. The van der Waals surface area contributed by atoms with Crippen LogP contribution in [0.2, 0.25) is 0 Å². The van der Waals surface area contributed by atoms with Gasteiger partial charge in [-0.15, -0.1) is 11.8 Å². The molecule has 0 spiro atoms. The van der Waals surface area contributed by atoms with Gasteiger partial charge in [0.1, 0.15) is 23.5 Å². The summed E-state index contributed by atoms with van der Waals surface area (Å²) in [6.07, 6.45) is 7.70. The summed E-state index contributed by atoms with van der Waals surface area (Å²) >= 11 is 1.70. The molecule has 0 atom stereocenters. The second-order valence-corrected chi connectivity index (χ2v) is 11.8. The van der Waals surface area contributed by atoms with Gasteiger partial charge in [0.2, 0.25) is 0 Å². The van der Waals surface area contributed by atoms with Crippen LogP contribution in [0.5, 0.6) is 17.2 Å². The van der Waals surface area contributed by atoms with Crippen LogP contribution in [0.1, 0.15) is 58.9 Å². The van der Waals surface area contributed by atoms with E-state index in [-0.39, 0.29) is 62.3 Å². The molecule has 8 nitrogen and oxygen atoms in total. The molecule has 244 valence electrons. The van der Waals surface area contributed by atoms with Gasteiger partial charge in [-0.05, 0) is 111 Å². The van der Waals surface area contributed by atoms with Gasteiger partial charge in [-0.3, -0.25) is 4.79 Å². The Morgan fingerprint density at radius 1 is 0.689 bits per heavy atom. The van der Waals surface area contributed by atoms with Gasteiger partial charge in [0.25, 0.3) is 0 Å². The molecule has 0 aliphatic heterocycles. The van der Waals surface area contributed by atoms with Crippen LogP contribution in [0.15, 0.2) is 65.4 Å². The Kier molecular flexibility index (Phi) is 27.6. The predicted octanol–water partition coefficient (Wildman–Crippen LogP) is 4.35. The maximum atomic E-state index is 11.0. The fourth-order valence-electron chi connectivity index (χ4n) is 3.41. The molecule has 0 unspecified atom stereocenters. The molecule has 0 aliphatic rings. The Morgan fingerprint density at radius 3 is 1.38 bits per heavy atom. The summed E-state index contributed by atoms with van der Waals surface area (Å²) in [5.74, 6) is 2.57. The molecule has 0 saturated heterocycles. The molecule has 0 aliphatic carbocycles. The maximum Gasteiger partial charge on any atom is 1.00 e. The first-order chi connectivity index (χ1) is 20.0. The van der Waals surface area contributed by atoms with Gasteiger partial charge >= 0.3 is 51.4 Å². The minimum Gasteiger partial charge on any atom is -0.870 e. The number of benzene rings is 3. The number of sulfone groups is 1. The van der Waals surface area contributed by atoms with Crippen LogP contribution in [0.25, 0.3) is 12.2 Å². The first kappa shape index (κ1) is 47.5. The Balaban J connectivity index is -0.000000574. The van der Waals surface area contributed by atoms with E-state index in [0.29, 0.717) is 18.8 Å². The van der Waals surface area contributed by atoms with Crippen LogP contribution in [0.3, 0.4) is 0 Å². The number of aryl methyl sites for hydroxylation is 3. The summed E-state index contributed by atoms with van der Waals surface area (Å²) in [5.41, 5.74) is 5.95. The topological polar surface area (TPSA) is 140 Å². The van der Waals surface area contributed by atoms with E-state index in [0.717, 1.165) is 46.8 Å². The van der Waals surface area contributed by atoms with E-state index in [1.165, 1.54) is 22.8 Å². The van der Waals surface area contributed by atoms with Crippen LogP contribution in [-0.4, -0.2) is 58.0 Å². The van der Waals surface area contributed by atoms with Crippen molar-refractivity contribution in [3.63, 3.8) is 0 Å². The van der Waals surface area contributed by atoms with Gasteiger partial charge in [-0.2, -0.15) is 0 Å². The van der Waals surface area contributed by atoms with Crippen molar-refractivity contribution in [1.82, 2.24) is 0 Å². The Labute approximate surface area is 316 Å². The number of rotatable bonds is 11. The van der Waals surface area contributed by atoms with Crippen molar-refractivity contribution in [3.05, 3.63) is 98.8 Å². The van der Waals surface area contributed by atoms with E-state index in [9.17, 15) is 13.2 Å². The monoisotopic (exact) mass is 686 g/mol. The molecule has 3 N–H and O–H groups in total. The zero-order chi connectivity index (χ0) is 31.5. The first-order valence-electron chi connectivity index (χ1n) is 13.7. The second-order valence-electron chi connectivity index (χ2n) is 9.16. The summed E-state index contributed by atoms with van der Waals surface area (Å²) in [4.78, 5) is 10.4. The second kappa shape index (κ2) is 26.2. The molecule has 11 heteroatoms. The third kappa shape index (κ3) is 20.0. The molecular formula is C34H47KO8S2. The van der Waals surface area contributed by atoms with Crippen molar-refractivity contribution in [2.75, 3.05) is 32.3 Å². The number of thioether (sulfide) groups is 1. The summed E-state index contributed by atoms with van der Waals surface area (Å²) in [5, 5.41) is 3.26. The minimum atomic E-state index is -3.08. The quantitative estimate of drug-likeness (QED) is 0.214. The fourth-order valence-corrected chi connectivity index (χ4v) is 4.11. The van der Waals surface area contributed by atoms with Crippen molar-refractivity contribution in [3.8, 4) is 17.2 Å². The van der Waals surface area contributed by atoms with Crippen molar-refractivity contribution >= 4 is 40.0 Å². The molecule has 3 aromatic carbocycles. The van der Waals surface area contributed by atoms with Gasteiger partial charge in [-0.1, -0.05) is 36.4 Å². The molecule has 0 heterocycles. The van der Waals surface area contributed by atoms with E-state index in [2.05, 4.69) is 36.6 Å². The van der Waals surface area contributed by atoms with Crippen LogP contribution in [0, 0.1) is 20.8 Å². The van der Waals surface area contributed by atoms with E-state index < -0.39 is 9.84 Å². The van der Waals surface area contributed by atoms with E-state index in [1.54, 1.807) is 30.0 Å². The number of hydrogen-bond acceptors (Lipinski definition) is 8. The molecule has 3 aromatic rings. The molecule has 3 rings (SSSR count). The van der Waals surface area contributed by atoms with E-state index in [4.69, 9.17) is 14.2 Å². The average Bonchev–Trinajstić information content (AvgIpc) is 2.96. The van der Waals surface area contributed by atoms with Crippen LogP contribution >= 0.6 is 11.8 Å². The summed E-state index contributed by atoms with van der Waals surface area (Å²) < 4.78 is 38.2. The Morgan fingerprint density at radius 2 is 1.04 bits per heavy atom. The van der Waals surface area contributed by atoms with Gasteiger partial charge in [0.15, 0.2) is 9.84 Å². The van der Waals surface area contributed by atoms with Crippen LogP contribution < -0.4 is 65.6 Å². The predicted molar refractivity (Wildman–Crippen MR) is 184 cm³/mol. The van der Waals surface area contributed by atoms with Gasteiger partial charge < -0.3 is 25.2 Å². The van der Waals surface area contributed by atoms with Crippen molar-refractivity contribution in [1.29, 1.82) is 0 Å². The standard InChI is InChI=1S/C12H16O3S.C12H16OS.C10H12O2.K.2H2O/c1-4-15-12-9-11(6-5-10(12)2)7-8-16(3,13)14;1-4-13-12-9-11(7-8-14-3)6-5-10(12)2;1-3-12-10-6-9(7-11)5-4-8(10)2;;;/h5-9H,4H2,1-3H3;5-9H,4H2,1-3H3;4-7H,3H2,1-2H3;;2*1H2/q;;;+1;;/p-1/b2*8-7+;;;;. The molecular weight excluding hydrogens is 640 g/mol. The van der Waals surface area contributed by atoms with Gasteiger partial charge in [-0.25, -0.2) is 8.42 Å². The first-order valence-corrected chi connectivity index (χ1v) is 16.9. The third-order valence-corrected chi connectivity index (χ3v) is 6.62. The molecule has 45 heavy (non-hydrogen) atoms. The molecule has 0 aromatic heterocycles. The maximum absolute atomic E-state index is 11.0. The number of ether oxygens (including phenoxy) is 3. The van der Waals surface area contributed by atoms with Crippen molar-refractivity contribution in [2.24, 2.45) is 0 Å². The largest absolute Gasteiger partial charge is 1.00 e. The third-order valence-electron chi connectivity index (χ3n) is 5.58. The Bertz CT molecular complexity index is 1440. The molecule has 0 bridgehead atoms. The van der Waals surface area contributed by atoms with Gasteiger partial charge in [0.05, 0.1) is 19.8 Å².